The molecule has 1 aromatic heterocycles. The fourth-order valence-corrected chi connectivity index (χ4v) is 3.43. The summed E-state index contributed by atoms with van der Waals surface area (Å²) in [5, 5.41) is 8.63. The van der Waals surface area contributed by atoms with Crippen molar-refractivity contribution in [2.24, 2.45) is 0 Å². The first kappa shape index (κ1) is 13.5. The lowest BCUT2D eigenvalue weighted by molar-refractivity contribution is 0.0656. The van der Waals surface area contributed by atoms with Crippen LogP contribution >= 0.6 is 27.3 Å². The molecule has 0 aliphatic carbocycles. The highest BCUT2D eigenvalue weighted by molar-refractivity contribution is 9.11. The molecular weight excluding hydrogens is 314 g/mol. The van der Waals surface area contributed by atoms with Gasteiger partial charge in [-0.15, -0.1) is 11.3 Å². The standard InChI is InChI=1S/C12H14BrN3OS/c1-9-8-10(18-11(9)13)12(17)16-6-4-15(3-2-14)5-7-16/h8H,3-7H2,1H3. The third-order valence-corrected chi connectivity index (χ3v) is 5.15. The van der Waals surface area contributed by atoms with E-state index in [1.165, 1.54) is 11.3 Å². The third-order valence-electron chi connectivity index (χ3n) is 3.02. The van der Waals surface area contributed by atoms with Gasteiger partial charge in [0.25, 0.3) is 5.91 Å². The first-order valence-corrected chi connectivity index (χ1v) is 7.37. The summed E-state index contributed by atoms with van der Waals surface area (Å²) in [5.41, 5.74) is 1.10. The van der Waals surface area contributed by atoms with Crippen molar-refractivity contribution < 1.29 is 4.79 Å². The molecule has 96 valence electrons. The molecule has 6 heteroatoms. The summed E-state index contributed by atoms with van der Waals surface area (Å²) >= 11 is 4.93. The SMILES string of the molecule is Cc1cc(C(=O)N2CCN(CC#N)CC2)sc1Br. The van der Waals surface area contributed by atoms with Crippen molar-refractivity contribution in [3.63, 3.8) is 0 Å². The Hall–Kier alpha value is -0.900. The number of hydrogen-bond acceptors (Lipinski definition) is 4. The second kappa shape index (κ2) is 5.83. The van der Waals surface area contributed by atoms with Crippen LogP contribution in [0.1, 0.15) is 15.2 Å². The Morgan fingerprint density at radius 3 is 2.67 bits per heavy atom. The predicted molar refractivity (Wildman–Crippen MR) is 74.7 cm³/mol. The summed E-state index contributed by atoms with van der Waals surface area (Å²) in [4.78, 5) is 17.0. The van der Waals surface area contributed by atoms with E-state index in [1.54, 1.807) is 0 Å². The molecule has 1 aromatic rings. The van der Waals surface area contributed by atoms with Gasteiger partial charge in [0.15, 0.2) is 0 Å². The van der Waals surface area contributed by atoms with Crippen molar-refractivity contribution in [1.29, 1.82) is 5.26 Å². The fourth-order valence-electron chi connectivity index (χ4n) is 1.93. The highest BCUT2D eigenvalue weighted by Crippen LogP contribution is 2.28. The minimum absolute atomic E-state index is 0.102. The molecule has 4 nitrogen and oxygen atoms in total. The molecule has 0 saturated carbocycles. The Kier molecular flexibility index (Phi) is 4.38. The first-order valence-electron chi connectivity index (χ1n) is 5.76. The summed E-state index contributed by atoms with van der Waals surface area (Å²) in [6.45, 7) is 5.41. The maximum Gasteiger partial charge on any atom is 0.264 e. The van der Waals surface area contributed by atoms with Crippen molar-refractivity contribution in [3.8, 4) is 6.07 Å². The molecule has 1 aliphatic heterocycles. The van der Waals surface area contributed by atoms with Crippen molar-refractivity contribution in [2.75, 3.05) is 32.7 Å². The Balaban J connectivity index is 1.97. The molecule has 0 aromatic carbocycles. The zero-order valence-corrected chi connectivity index (χ0v) is 12.6. The average molecular weight is 328 g/mol. The number of nitriles is 1. The number of aryl methyl sites for hydroxylation is 1. The molecule has 0 spiro atoms. The zero-order chi connectivity index (χ0) is 13.1. The number of carbonyl (C=O) groups is 1. The van der Waals surface area contributed by atoms with Crippen LogP contribution in [0.2, 0.25) is 0 Å². The second-order valence-electron chi connectivity index (χ2n) is 4.29. The number of rotatable bonds is 2. The van der Waals surface area contributed by atoms with Gasteiger partial charge in [0.05, 0.1) is 21.3 Å². The normalized spacial score (nSPS) is 16.6. The molecule has 18 heavy (non-hydrogen) atoms. The lowest BCUT2D eigenvalue weighted by Crippen LogP contribution is -2.48. The summed E-state index contributed by atoms with van der Waals surface area (Å²) in [6, 6.07) is 4.07. The Labute approximate surface area is 119 Å². The summed E-state index contributed by atoms with van der Waals surface area (Å²) in [7, 11) is 0. The topological polar surface area (TPSA) is 47.3 Å². The van der Waals surface area contributed by atoms with E-state index in [1.807, 2.05) is 17.9 Å². The maximum absolute atomic E-state index is 12.3. The minimum Gasteiger partial charge on any atom is -0.335 e. The lowest BCUT2D eigenvalue weighted by atomic mass is 10.2. The molecule has 0 bridgehead atoms. The van der Waals surface area contributed by atoms with Crippen LogP contribution in [0.3, 0.4) is 0 Å². The molecule has 2 heterocycles. The Morgan fingerprint density at radius 1 is 1.50 bits per heavy atom. The van der Waals surface area contributed by atoms with Crippen LogP contribution in [-0.2, 0) is 0 Å². The van der Waals surface area contributed by atoms with Crippen LogP contribution < -0.4 is 0 Å². The Bertz CT molecular complexity index is 467. The van der Waals surface area contributed by atoms with Gasteiger partial charge in [-0.2, -0.15) is 5.26 Å². The number of amides is 1. The maximum atomic E-state index is 12.3. The highest BCUT2D eigenvalue weighted by atomic mass is 79.9. The number of nitrogens with zero attached hydrogens (tertiary/aromatic N) is 3. The zero-order valence-electron chi connectivity index (χ0n) is 10.1. The molecule has 0 N–H and O–H groups in total. The Morgan fingerprint density at radius 2 is 2.17 bits per heavy atom. The van der Waals surface area contributed by atoms with Crippen LogP contribution in [0.15, 0.2) is 9.85 Å². The molecule has 1 aliphatic rings. The van der Waals surface area contributed by atoms with E-state index in [0.717, 1.165) is 27.3 Å². The minimum atomic E-state index is 0.102. The smallest absolute Gasteiger partial charge is 0.264 e. The van der Waals surface area contributed by atoms with Gasteiger partial charge in [0, 0.05) is 26.2 Å². The monoisotopic (exact) mass is 327 g/mol. The van der Waals surface area contributed by atoms with Crippen molar-refractivity contribution in [1.82, 2.24) is 9.80 Å². The summed E-state index contributed by atoms with van der Waals surface area (Å²) in [5.74, 6) is 0.102. The van der Waals surface area contributed by atoms with Gasteiger partial charge >= 0.3 is 0 Å². The van der Waals surface area contributed by atoms with Crippen LogP contribution in [0.4, 0.5) is 0 Å². The lowest BCUT2D eigenvalue weighted by Gasteiger charge is -2.33. The molecule has 0 unspecified atom stereocenters. The molecule has 1 saturated heterocycles. The van der Waals surface area contributed by atoms with E-state index in [4.69, 9.17) is 5.26 Å². The fraction of sp³-hybridized carbons (Fsp3) is 0.500. The largest absolute Gasteiger partial charge is 0.335 e. The summed E-state index contributed by atoms with van der Waals surface area (Å²) in [6.07, 6.45) is 0. The van der Waals surface area contributed by atoms with E-state index in [0.29, 0.717) is 19.6 Å². The van der Waals surface area contributed by atoms with E-state index in [9.17, 15) is 4.79 Å². The number of thiophene rings is 1. The van der Waals surface area contributed by atoms with Gasteiger partial charge in [-0.05, 0) is 34.5 Å². The van der Waals surface area contributed by atoms with Gasteiger partial charge < -0.3 is 4.90 Å². The third kappa shape index (κ3) is 2.91. The molecular formula is C12H14BrN3OS. The second-order valence-corrected chi connectivity index (χ2v) is 6.66. The van der Waals surface area contributed by atoms with Crippen LogP contribution in [0.5, 0.6) is 0 Å². The van der Waals surface area contributed by atoms with Gasteiger partial charge in [-0.3, -0.25) is 9.69 Å². The summed E-state index contributed by atoms with van der Waals surface area (Å²) < 4.78 is 1.02. The van der Waals surface area contributed by atoms with E-state index in [2.05, 4.69) is 26.9 Å². The van der Waals surface area contributed by atoms with Crippen molar-refractivity contribution in [2.45, 2.75) is 6.92 Å². The van der Waals surface area contributed by atoms with E-state index >= 15 is 0 Å². The van der Waals surface area contributed by atoms with Crippen LogP contribution in [0.25, 0.3) is 0 Å². The van der Waals surface area contributed by atoms with Crippen molar-refractivity contribution in [3.05, 3.63) is 20.3 Å². The molecule has 0 radical (unpaired) electrons. The van der Waals surface area contributed by atoms with Crippen LogP contribution in [-0.4, -0.2) is 48.4 Å². The van der Waals surface area contributed by atoms with Gasteiger partial charge in [-0.1, -0.05) is 0 Å². The van der Waals surface area contributed by atoms with E-state index in [-0.39, 0.29) is 5.91 Å². The number of carbonyl (C=O) groups excluding carboxylic acids is 1. The van der Waals surface area contributed by atoms with Gasteiger partial charge in [0.1, 0.15) is 0 Å². The van der Waals surface area contributed by atoms with Crippen molar-refractivity contribution >= 4 is 33.2 Å². The average Bonchev–Trinajstić information content (AvgIpc) is 2.70. The molecule has 1 amide bonds. The molecule has 0 atom stereocenters. The predicted octanol–water partition coefficient (Wildman–Crippen LogP) is 2.10. The first-order chi connectivity index (χ1) is 8.61. The van der Waals surface area contributed by atoms with Crippen LogP contribution in [0, 0.1) is 18.3 Å². The number of piperazine rings is 1. The number of halogens is 1. The number of hydrogen-bond donors (Lipinski definition) is 0. The quantitative estimate of drug-likeness (QED) is 0.781. The molecule has 1 fully saturated rings. The van der Waals surface area contributed by atoms with Gasteiger partial charge in [0.2, 0.25) is 0 Å². The van der Waals surface area contributed by atoms with Gasteiger partial charge in [-0.25, -0.2) is 0 Å². The van der Waals surface area contributed by atoms with E-state index < -0.39 is 0 Å². The highest BCUT2D eigenvalue weighted by Gasteiger charge is 2.23. The molecule has 2 rings (SSSR count).